The number of carbonyl (C=O) groups excluding carboxylic acids is 1. The van der Waals surface area contributed by atoms with Crippen LogP contribution in [0.1, 0.15) is 13.8 Å². The topological polar surface area (TPSA) is 87.2 Å². The molecule has 0 atom stereocenters. The van der Waals surface area contributed by atoms with Gasteiger partial charge in [-0.05, 0) is 19.4 Å². The average Bonchev–Trinajstić information content (AvgIpc) is 3.01. The second-order valence-corrected chi connectivity index (χ2v) is 7.39. The fourth-order valence-corrected chi connectivity index (χ4v) is 4.03. The Bertz CT molecular complexity index is 964. The molecule has 2 heterocycles. The number of ether oxygens (including phenoxy) is 1. The van der Waals surface area contributed by atoms with Gasteiger partial charge in [0.1, 0.15) is 4.83 Å². The van der Waals surface area contributed by atoms with Crippen molar-refractivity contribution in [2.75, 3.05) is 11.6 Å². The lowest BCUT2D eigenvalue weighted by atomic mass is 10.1. The fraction of sp³-hybridized carbons (Fsp3) is 0.235. The minimum Gasteiger partial charge on any atom is -0.462 e. The van der Waals surface area contributed by atoms with E-state index in [0.29, 0.717) is 15.4 Å². The van der Waals surface area contributed by atoms with Crippen molar-refractivity contribution >= 4 is 39.3 Å². The zero-order valence-electron chi connectivity index (χ0n) is 13.8. The Labute approximate surface area is 152 Å². The van der Waals surface area contributed by atoms with Gasteiger partial charge in [0.05, 0.1) is 17.2 Å². The molecular weight excluding hydrogens is 358 g/mol. The summed E-state index contributed by atoms with van der Waals surface area (Å²) >= 11 is 2.47. The van der Waals surface area contributed by atoms with Gasteiger partial charge in [-0.15, -0.1) is 11.3 Å². The van der Waals surface area contributed by atoms with Crippen molar-refractivity contribution in [3.05, 3.63) is 46.1 Å². The van der Waals surface area contributed by atoms with E-state index in [1.54, 1.807) is 13.8 Å². The molecule has 130 valence electrons. The molecule has 25 heavy (non-hydrogen) atoms. The molecule has 0 unspecified atom stereocenters. The smallest absolute Gasteiger partial charge is 0.316 e. The van der Waals surface area contributed by atoms with Crippen LogP contribution in [-0.2, 0) is 9.53 Å². The number of nitrogens with zero attached hydrogens (tertiary/aromatic N) is 2. The van der Waals surface area contributed by atoms with Gasteiger partial charge in [-0.3, -0.25) is 9.59 Å². The highest BCUT2D eigenvalue weighted by atomic mass is 32.2. The van der Waals surface area contributed by atoms with Crippen molar-refractivity contribution in [2.45, 2.75) is 25.1 Å². The first-order valence-corrected chi connectivity index (χ1v) is 9.51. The van der Waals surface area contributed by atoms with E-state index >= 15 is 0 Å². The molecule has 0 amide bonds. The molecule has 1 aromatic carbocycles. The van der Waals surface area contributed by atoms with E-state index in [1.165, 1.54) is 11.3 Å². The maximum absolute atomic E-state index is 12.7. The molecule has 0 radical (unpaired) electrons. The number of thioether (sulfide) groups is 1. The number of hydrogen-bond acceptors (Lipinski definition) is 7. The monoisotopic (exact) mass is 375 g/mol. The molecule has 3 aromatic rings. The molecular formula is C17H17N3O3S2. The molecule has 0 saturated heterocycles. The van der Waals surface area contributed by atoms with E-state index in [1.807, 2.05) is 35.7 Å². The Morgan fingerprint density at radius 3 is 2.76 bits per heavy atom. The van der Waals surface area contributed by atoms with Crippen molar-refractivity contribution in [3.8, 4) is 11.1 Å². The van der Waals surface area contributed by atoms with Crippen molar-refractivity contribution < 1.29 is 9.53 Å². The predicted octanol–water partition coefficient (Wildman–Crippen LogP) is 2.88. The second kappa shape index (κ2) is 7.28. The van der Waals surface area contributed by atoms with Crippen molar-refractivity contribution in [1.29, 1.82) is 0 Å². The molecule has 0 fully saturated rings. The van der Waals surface area contributed by atoms with Crippen LogP contribution in [0.4, 0.5) is 0 Å². The number of aromatic nitrogens is 2. The van der Waals surface area contributed by atoms with Crippen LogP contribution < -0.4 is 11.4 Å². The molecule has 2 aromatic heterocycles. The van der Waals surface area contributed by atoms with Crippen LogP contribution in [0, 0.1) is 0 Å². The molecule has 2 N–H and O–H groups in total. The first-order chi connectivity index (χ1) is 12.0. The lowest BCUT2D eigenvalue weighted by molar-refractivity contribution is -0.144. The Morgan fingerprint density at radius 2 is 2.08 bits per heavy atom. The summed E-state index contributed by atoms with van der Waals surface area (Å²) in [6.07, 6.45) is -0.186. The molecule has 0 saturated carbocycles. The molecule has 0 bridgehead atoms. The highest BCUT2D eigenvalue weighted by Gasteiger charge is 2.17. The SMILES string of the molecule is CC(C)OC(=O)CSc1nc2scc(-c3ccccc3)c2c(=O)n1N. The average molecular weight is 375 g/mol. The Kier molecular flexibility index (Phi) is 5.10. The lowest BCUT2D eigenvalue weighted by Crippen LogP contribution is -2.30. The molecule has 0 aliphatic carbocycles. The summed E-state index contributed by atoms with van der Waals surface area (Å²) in [6.45, 7) is 3.56. The van der Waals surface area contributed by atoms with Crippen LogP contribution in [0.15, 0.2) is 45.7 Å². The second-order valence-electron chi connectivity index (χ2n) is 5.59. The number of carbonyl (C=O) groups is 1. The fourth-order valence-electron chi connectivity index (χ4n) is 2.34. The van der Waals surface area contributed by atoms with E-state index in [0.717, 1.165) is 27.6 Å². The third-order valence-corrected chi connectivity index (χ3v) is 5.18. The van der Waals surface area contributed by atoms with Crippen molar-refractivity contribution in [2.24, 2.45) is 0 Å². The number of nitrogens with two attached hydrogens (primary N) is 1. The molecule has 8 heteroatoms. The maximum Gasteiger partial charge on any atom is 0.316 e. The van der Waals surface area contributed by atoms with Gasteiger partial charge in [-0.2, -0.15) is 0 Å². The molecule has 3 rings (SSSR count). The van der Waals surface area contributed by atoms with E-state index < -0.39 is 0 Å². The van der Waals surface area contributed by atoms with E-state index in [4.69, 9.17) is 10.6 Å². The van der Waals surface area contributed by atoms with E-state index in [9.17, 15) is 9.59 Å². The third-order valence-electron chi connectivity index (χ3n) is 3.38. The summed E-state index contributed by atoms with van der Waals surface area (Å²) in [5.74, 6) is 5.59. The summed E-state index contributed by atoms with van der Waals surface area (Å²) in [5, 5.41) is 2.68. The number of benzene rings is 1. The van der Waals surface area contributed by atoms with E-state index in [-0.39, 0.29) is 23.4 Å². The first-order valence-electron chi connectivity index (χ1n) is 7.64. The summed E-state index contributed by atoms with van der Waals surface area (Å²) in [7, 11) is 0. The van der Waals surface area contributed by atoms with Crippen LogP contribution in [0.25, 0.3) is 21.3 Å². The van der Waals surface area contributed by atoms with Crippen LogP contribution in [0.3, 0.4) is 0 Å². The summed E-state index contributed by atoms with van der Waals surface area (Å²) in [5.41, 5.74) is 1.42. The van der Waals surface area contributed by atoms with Gasteiger partial charge in [0.15, 0.2) is 5.16 Å². The Balaban J connectivity index is 1.95. The number of thiophene rings is 1. The maximum atomic E-state index is 12.7. The zero-order chi connectivity index (χ0) is 18.0. The highest BCUT2D eigenvalue weighted by molar-refractivity contribution is 7.99. The van der Waals surface area contributed by atoms with Crippen LogP contribution in [0.5, 0.6) is 0 Å². The lowest BCUT2D eigenvalue weighted by Gasteiger charge is -2.09. The number of hydrogen-bond donors (Lipinski definition) is 1. The van der Waals surface area contributed by atoms with Crippen LogP contribution >= 0.6 is 23.1 Å². The van der Waals surface area contributed by atoms with Gasteiger partial charge in [0.25, 0.3) is 5.56 Å². The van der Waals surface area contributed by atoms with Gasteiger partial charge in [-0.1, -0.05) is 42.1 Å². The first kappa shape index (κ1) is 17.5. The summed E-state index contributed by atoms with van der Waals surface area (Å²) in [4.78, 5) is 29.4. The van der Waals surface area contributed by atoms with Crippen molar-refractivity contribution in [3.63, 3.8) is 0 Å². The quantitative estimate of drug-likeness (QED) is 0.319. The summed E-state index contributed by atoms with van der Waals surface area (Å²) in [6, 6.07) is 9.62. The zero-order valence-corrected chi connectivity index (χ0v) is 15.4. The number of fused-ring (bicyclic) bond motifs is 1. The Morgan fingerprint density at radius 1 is 1.36 bits per heavy atom. The van der Waals surface area contributed by atoms with Gasteiger partial charge >= 0.3 is 5.97 Å². The number of nitrogen functional groups attached to an aromatic ring is 1. The summed E-state index contributed by atoms with van der Waals surface area (Å²) < 4.78 is 6.07. The number of esters is 1. The Hall–Kier alpha value is -2.32. The largest absolute Gasteiger partial charge is 0.462 e. The molecule has 0 aliphatic rings. The minimum atomic E-state index is -0.370. The van der Waals surface area contributed by atoms with Crippen LogP contribution in [-0.4, -0.2) is 27.5 Å². The normalized spacial score (nSPS) is 11.2. The molecule has 0 spiro atoms. The molecule has 6 nitrogen and oxygen atoms in total. The standard InChI is InChI=1S/C17H17N3O3S2/c1-10(2)23-13(21)9-25-17-19-15-14(16(22)20(17)18)12(8-24-15)11-6-4-3-5-7-11/h3-8,10H,9,18H2,1-2H3. The number of rotatable bonds is 5. The third kappa shape index (κ3) is 3.69. The van der Waals surface area contributed by atoms with Gasteiger partial charge in [-0.25, -0.2) is 9.66 Å². The van der Waals surface area contributed by atoms with Crippen molar-refractivity contribution in [1.82, 2.24) is 9.66 Å². The minimum absolute atomic E-state index is 0.0459. The van der Waals surface area contributed by atoms with Gasteiger partial charge in [0, 0.05) is 10.9 Å². The van der Waals surface area contributed by atoms with Gasteiger partial charge in [0.2, 0.25) is 0 Å². The molecule has 0 aliphatic heterocycles. The van der Waals surface area contributed by atoms with E-state index in [2.05, 4.69) is 4.98 Å². The predicted molar refractivity (Wildman–Crippen MR) is 101 cm³/mol. The van der Waals surface area contributed by atoms with Crippen LogP contribution in [0.2, 0.25) is 0 Å². The highest BCUT2D eigenvalue weighted by Crippen LogP contribution is 2.31. The van der Waals surface area contributed by atoms with Gasteiger partial charge < -0.3 is 10.6 Å².